The topological polar surface area (TPSA) is 66.0 Å². The lowest BCUT2D eigenvalue weighted by Gasteiger charge is -2.26. The Morgan fingerprint density at radius 2 is 1.92 bits per heavy atom. The van der Waals surface area contributed by atoms with Crippen LogP contribution in [0.3, 0.4) is 0 Å². The molecule has 1 aromatic carbocycles. The number of aryl methyl sites for hydroxylation is 2. The zero-order valence-electron chi connectivity index (χ0n) is 15.2. The lowest BCUT2D eigenvalue weighted by molar-refractivity contribution is 0.410. The van der Waals surface area contributed by atoms with Crippen LogP contribution >= 0.6 is 0 Å². The standard InChI is InChI=1S/C11H16N4.C9H7NO/c1-9-8-10(13-15(9)3)12-11-6-4-5-7-14(11)2;11-9-6-5-7-3-1-2-4-8(7)10-9/h4-8,11H,1-3H3,(H,12,13);1-6H,(H,10,11). The molecule has 3 aromatic rings. The second kappa shape index (κ2) is 7.74. The van der Waals surface area contributed by atoms with E-state index in [9.17, 15) is 4.79 Å². The molecule has 2 N–H and O–H groups in total. The molecule has 0 saturated heterocycles. The molecule has 1 aliphatic rings. The number of benzene rings is 1. The van der Waals surface area contributed by atoms with Gasteiger partial charge in [0.1, 0.15) is 12.0 Å². The fraction of sp³-hybridized carbons (Fsp3) is 0.200. The third-order valence-electron chi connectivity index (χ3n) is 4.21. The van der Waals surface area contributed by atoms with E-state index in [0.29, 0.717) is 0 Å². The first kappa shape index (κ1) is 17.5. The molecule has 1 unspecified atom stereocenters. The van der Waals surface area contributed by atoms with Crippen LogP contribution in [0.5, 0.6) is 0 Å². The van der Waals surface area contributed by atoms with E-state index < -0.39 is 0 Å². The first-order valence-electron chi connectivity index (χ1n) is 8.45. The molecule has 2 aromatic heterocycles. The SMILES string of the molecule is Cc1cc(NC2C=CC=CN2C)nn1C.O=c1ccc2ccccc2[nH]1. The van der Waals surface area contributed by atoms with E-state index in [-0.39, 0.29) is 11.7 Å². The highest BCUT2D eigenvalue weighted by atomic mass is 16.1. The van der Waals surface area contributed by atoms with Gasteiger partial charge in [-0.25, -0.2) is 0 Å². The van der Waals surface area contributed by atoms with Crippen LogP contribution in [0.25, 0.3) is 10.9 Å². The molecule has 134 valence electrons. The van der Waals surface area contributed by atoms with E-state index in [1.807, 2.05) is 80.5 Å². The van der Waals surface area contributed by atoms with Gasteiger partial charge in [-0.15, -0.1) is 0 Å². The smallest absolute Gasteiger partial charge is 0.248 e. The maximum atomic E-state index is 10.8. The van der Waals surface area contributed by atoms with Crippen molar-refractivity contribution in [3.05, 3.63) is 82.9 Å². The molecule has 0 amide bonds. The van der Waals surface area contributed by atoms with E-state index in [1.165, 1.54) is 6.07 Å². The minimum absolute atomic E-state index is 0.0521. The number of para-hydroxylation sites is 1. The van der Waals surface area contributed by atoms with Gasteiger partial charge in [-0.2, -0.15) is 5.10 Å². The van der Waals surface area contributed by atoms with E-state index in [1.54, 1.807) is 0 Å². The number of aromatic amines is 1. The summed E-state index contributed by atoms with van der Waals surface area (Å²) < 4.78 is 1.87. The van der Waals surface area contributed by atoms with Gasteiger partial charge in [0, 0.05) is 43.6 Å². The van der Waals surface area contributed by atoms with Gasteiger partial charge in [0.15, 0.2) is 0 Å². The molecule has 1 aliphatic heterocycles. The van der Waals surface area contributed by atoms with Crippen molar-refractivity contribution in [2.24, 2.45) is 7.05 Å². The van der Waals surface area contributed by atoms with Crippen LogP contribution in [0.2, 0.25) is 0 Å². The van der Waals surface area contributed by atoms with Gasteiger partial charge in [0.2, 0.25) is 5.56 Å². The lowest BCUT2D eigenvalue weighted by Crippen LogP contribution is -2.33. The van der Waals surface area contributed by atoms with Crippen LogP contribution < -0.4 is 10.9 Å². The number of rotatable bonds is 2. The lowest BCUT2D eigenvalue weighted by atomic mass is 10.2. The molecular weight excluding hydrogens is 326 g/mol. The zero-order valence-corrected chi connectivity index (χ0v) is 15.2. The third kappa shape index (κ3) is 4.22. The van der Waals surface area contributed by atoms with Crippen molar-refractivity contribution < 1.29 is 0 Å². The van der Waals surface area contributed by atoms with Crippen molar-refractivity contribution in [2.75, 3.05) is 12.4 Å². The quantitative estimate of drug-likeness (QED) is 0.746. The Hall–Kier alpha value is -3.28. The zero-order chi connectivity index (χ0) is 18.5. The Morgan fingerprint density at radius 1 is 1.12 bits per heavy atom. The summed E-state index contributed by atoms with van der Waals surface area (Å²) in [6.07, 6.45) is 8.37. The number of hydrogen-bond donors (Lipinski definition) is 2. The van der Waals surface area contributed by atoms with Crippen LogP contribution in [-0.4, -0.2) is 32.9 Å². The number of nitrogens with one attached hydrogen (secondary N) is 2. The molecule has 6 nitrogen and oxygen atoms in total. The normalized spacial score (nSPS) is 15.7. The molecule has 0 fully saturated rings. The number of nitrogens with zero attached hydrogens (tertiary/aromatic N) is 3. The number of H-pyrrole nitrogens is 1. The fourth-order valence-corrected chi connectivity index (χ4v) is 2.61. The van der Waals surface area contributed by atoms with E-state index in [2.05, 4.69) is 26.4 Å². The first-order valence-corrected chi connectivity index (χ1v) is 8.45. The predicted molar refractivity (Wildman–Crippen MR) is 106 cm³/mol. The highest BCUT2D eigenvalue weighted by Crippen LogP contribution is 2.12. The van der Waals surface area contributed by atoms with Crippen molar-refractivity contribution in [3.63, 3.8) is 0 Å². The van der Waals surface area contributed by atoms with Gasteiger partial charge in [-0.05, 0) is 36.6 Å². The van der Waals surface area contributed by atoms with Gasteiger partial charge in [0.25, 0.3) is 0 Å². The largest absolute Gasteiger partial charge is 0.357 e. The average molecular weight is 349 g/mol. The van der Waals surface area contributed by atoms with Gasteiger partial charge in [-0.1, -0.05) is 24.3 Å². The van der Waals surface area contributed by atoms with Crippen molar-refractivity contribution in [2.45, 2.75) is 13.1 Å². The molecule has 1 atom stereocenters. The van der Waals surface area contributed by atoms with Gasteiger partial charge in [-0.3, -0.25) is 9.48 Å². The Morgan fingerprint density at radius 3 is 2.65 bits per heavy atom. The van der Waals surface area contributed by atoms with Gasteiger partial charge in [0.05, 0.1) is 0 Å². The molecular formula is C20H23N5O. The summed E-state index contributed by atoms with van der Waals surface area (Å²) in [6, 6.07) is 13.1. The number of anilines is 1. The number of likely N-dealkylation sites (N-methyl/N-ethyl adjacent to an activating group) is 1. The van der Waals surface area contributed by atoms with Crippen LogP contribution in [-0.2, 0) is 7.05 Å². The highest BCUT2D eigenvalue weighted by Gasteiger charge is 2.11. The number of aromatic nitrogens is 3. The average Bonchev–Trinajstić information content (AvgIpc) is 2.95. The summed E-state index contributed by atoms with van der Waals surface area (Å²) in [5.74, 6) is 0.909. The molecule has 0 spiro atoms. The minimum atomic E-state index is -0.0521. The van der Waals surface area contributed by atoms with Gasteiger partial charge < -0.3 is 15.2 Å². The Bertz CT molecular complexity index is 979. The number of allylic oxidation sites excluding steroid dienone is 2. The molecule has 4 rings (SSSR count). The molecule has 0 radical (unpaired) electrons. The summed E-state index contributed by atoms with van der Waals surface area (Å²) >= 11 is 0. The van der Waals surface area contributed by atoms with Crippen molar-refractivity contribution in [3.8, 4) is 0 Å². The Balaban J connectivity index is 0.000000158. The predicted octanol–water partition coefficient (Wildman–Crippen LogP) is 3.01. The third-order valence-corrected chi connectivity index (χ3v) is 4.21. The van der Waals surface area contributed by atoms with Crippen molar-refractivity contribution in [1.29, 1.82) is 0 Å². The van der Waals surface area contributed by atoms with Gasteiger partial charge >= 0.3 is 0 Å². The highest BCUT2D eigenvalue weighted by molar-refractivity contribution is 5.77. The maximum absolute atomic E-state index is 10.8. The minimum Gasteiger partial charge on any atom is -0.357 e. The first-order chi connectivity index (χ1) is 12.5. The molecule has 0 bridgehead atoms. The van der Waals surface area contributed by atoms with Crippen LogP contribution in [0.1, 0.15) is 5.69 Å². The molecule has 0 saturated carbocycles. The second-order valence-corrected chi connectivity index (χ2v) is 6.19. The van der Waals surface area contributed by atoms with Crippen molar-refractivity contribution >= 4 is 16.7 Å². The van der Waals surface area contributed by atoms with E-state index >= 15 is 0 Å². The summed E-state index contributed by atoms with van der Waals surface area (Å²) in [5.41, 5.74) is 1.99. The summed E-state index contributed by atoms with van der Waals surface area (Å²) in [7, 11) is 3.98. The van der Waals surface area contributed by atoms with E-state index in [0.717, 1.165) is 22.4 Å². The Labute approximate surface area is 152 Å². The van der Waals surface area contributed by atoms with Crippen LogP contribution in [0, 0.1) is 6.92 Å². The molecule has 26 heavy (non-hydrogen) atoms. The monoisotopic (exact) mass is 349 g/mol. The van der Waals surface area contributed by atoms with Crippen LogP contribution in [0.4, 0.5) is 5.82 Å². The summed E-state index contributed by atoms with van der Waals surface area (Å²) in [6.45, 7) is 2.04. The Kier molecular flexibility index (Phi) is 5.22. The maximum Gasteiger partial charge on any atom is 0.248 e. The summed E-state index contributed by atoms with van der Waals surface area (Å²) in [5, 5.41) is 8.77. The fourth-order valence-electron chi connectivity index (χ4n) is 2.61. The molecule has 6 heteroatoms. The summed E-state index contributed by atoms with van der Waals surface area (Å²) in [4.78, 5) is 15.7. The van der Waals surface area contributed by atoms with Crippen LogP contribution in [0.15, 0.2) is 71.7 Å². The molecule has 3 heterocycles. The second-order valence-electron chi connectivity index (χ2n) is 6.19. The van der Waals surface area contributed by atoms with E-state index in [4.69, 9.17) is 0 Å². The number of hydrogen-bond acceptors (Lipinski definition) is 4. The molecule has 0 aliphatic carbocycles. The number of fused-ring (bicyclic) bond motifs is 1. The number of pyridine rings is 1. The van der Waals surface area contributed by atoms with Crippen molar-refractivity contribution in [1.82, 2.24) is 19.7 Å².